The van der Waals surface area contributed by atoms with Crippen LogP contribution in [-0.4, -0.2) is 22.5 Å². The predicted octanol–water partition coefficient (Wildman–Crippen LogP) is 2.06. The van der Waals surface area contributed by atoms with Gasteiger partial charge < -0.3 is 16.3 Å². The van der Waals surface area contributed by atoms with E-state index in [1.807, 2.05) is 12.1 Å². The molecular formula is C14H18ClN3O2. The van der Waals surface area contributed by atoms with Gasteiger partial charge in [0.1, 0.15) is 5.54 Å². The van der Waals surface area contributed by atoms with Crippen LogP contribution >= 0.6 is 11.6 Å². The minimum atomic E-state index is -0.696. The maximum atomic E-state index is 12.1. The largest absolute Gasteiger partial charge is 0.409 e. The molecule has 0 spiro atoms. The Hall–Kier alpha value is -1.75. The van der Waals surface area contributed by atoms with Gasteiger partial charge in [-0.05, 0) is 30.5 Å². The quantitative estimate of drug-likeness (QED) is 0.344. The number of hydrogen-bond donors (Lipinski definition) is 3. The average molecular weight is 296 g/mol. The van der Waals surface area contributed by atoms with Gasteiger partial charge in [-0.25, -0.2) is 0 Å². The number of nitrogens with one attached hydrogen (secondary N) is 1. The maximum Gasteiger partial charge on any atom is 0.225 e. The van der Waals surface area contributed by atoms with E-state index in [1.54, 1.807) is 12.1 Å². The molecule has 20 heavy (non-hydrogen) atoms. The van der Waals surface area contributed by atoms with Crippen LogP contribution < -0.4 is 11.1 Å². The monoisotopic (exact) mass is 295 g/mol. The second-order valence-electron chi connectivity index (χ2n) is 5.13. The van der Waals surface area contributed by atoms with E-state index in [0.29, 0.717) is 17.9 Å². The van der Waals surface area contributed by atoms with Crippen LogP contribution in [-0.2, 0) is 11.2 Å². The van der Waals surface area contributed by atoms with Crippen LogP contribution in [0.5, 0.6) is 0 Å². The van der Waals surface area contributed by atoms with Gasteiger partial charge >= 0.3 is 0 Å². The van der Waals surface area contributed by atoms with Crippen LogP contribution in [0.3, 0.4) is 0 Å². The Morgan fingerprint density at radius 3 is 2.50 bits per heavy atom. The first-order valence-electron chi connectivity index (χ1n) is 6.59. The Bertz CT molecular complexity index is 508. The average Bonchev–Trinajstić information content (AvgIpc) is 2.90. The lowest BCUT2D eigenvalue weighted by Crippen LogP contribution is -2.56. The summed E-state index contributed by atoms with van der Waals surface area (Å²) in [6, 6.07) is 7.12. The second-order valence-corrected chi connectivity index (χ2v) is 5.56. The Balaban J connectivity index is 2.04. The van der Waals surface area contributed by atoms with E-state index in [-0.39, 0.29) is 18.2 Å². The van der Waals surface area contributed by atoms with Crippen LogP contribution in [0.25, 0.3) is 0 Å². The molecule has 0 radical (unpaired) electrons. The second kappa shape index (κ2) is 6.13. The highest BCUT2D eigenvalue weighted by atomic mass is 35.5. The number of halogens is 1. The lowest BCUT2D eigenvalue weighted by molar-refractivity contribution is -0.121. The summed E-state index contributed by atoms with van der Waals surface area (Å²) < 4.78 is 0. The zero-order chi connectivity index (χ0) is 14.6. The van der Waals surface area contributed by atoms with Gasteiger partial charge in [0.2, 0.25) is 5.91 Å². The fourth-order valence-electron chi connectivity index (χ4n) is 2.62. The highest BCUT2D eigenvalue weighted by Crippen LogP contribution is 2.30. The van der Waals surface area contributed by atoms with E-state index in [2.05, 4.69) is 10.5 Å². The van der Waals surface area contributed by atoms with Crippen molar-refractivity contribution in [3.63, 3.8) is 0 Å². The Morgan fingerprint density at radius 1 is 1.35 bits per heavy atom. The molecule has 0 aliphatic heterocycles. The Labute approximate surface area is 122 Å². The molecule has 1 aromatic carbocycles. The summed E-state index contributed by atoms with van der Waals surface area (Å²) in [6.07, 6.45) is 3.57. The van der Waals surface area contributed by atoms with Crippen molar-refractivity contribution in [3.05, 3.63) is 34.9 Å². The summed E-state index contributed by atoms with van der Waals surface area (Å²) in [5.74, 6) is -0.0553. The van der Waals surface area contributed by atoms with Gasteiger partial charge in [0.25, 0.3) is 0 Å². The number of nitrogens with two attached hydrogens (primary N) is 1. The van der Waals surface area contributed by atoms with Gasteiger partial charge in [-0.1, -0.05) is 41.7 Å². The van der Waals surface area contributed by atoms with E-state index in [4.69, 9.17) is 22.5 Å². The Morgan fingerprint density at radius 2 is 1.95 bits per heavy atom. The van der Waals surface area contributed by atoms with Crippen LogP contribution in [0.1, 0.15) is 31.2 Å². The van der Waals surface area contributed by atoms with Crippen LogP contribution in [0.4, 0.5) is 0 Å². The minimum absolute atomic E-state index is 0.0828. The predicted molar refractivity (Wildman–Crippen MR) is 77.9 cm³/mol. The first-order valence-corrected chi connectivity index (χ1v) is 6.97. The van der Waals surface area contributed by atoms with E-state index in [9.17, 15) is 4.79 Å². The zero-order valence-electron chi connectivity index (χ0n) is 11.1. The number of hydrogen-bond acceptors (Lipinski definition) is 3. The summed E-state index contributed by atoms with van der Waals surface area (Å²) in [5.41, 5.74) is 5.92. The lowest BCUT2D eigenvalue weighted by atomic mass is 9.95. The summed E-state index contributed by atoms with van der Waals surface area (Å²) in [6.45, 7) is 0. The van der Waals surface area contributed by atoms with Gasteiger partial charge in [0, 0.05) is 5.02 Å². The van der Waals surface area contributed by atoms with Crippen LogP contribution in [0.2, 0.25) is 5.02 Å². The molecule has 1 aromatic rings. The molecule has 1 aliphatic carbocycles. The Kier molecular flexibility index (Phi) is 4.49. The van der Waals surface area contributed by atoms with Crippen LogP contribution in [0.15, 0.2) is 29.4 Å². The third kappa shape index (κ3) is 3.22. The van der Waals surface area contributed by atoms with E-state index in [0.717, 1.165) is 18.4 Å². The first kappa shape index (κ1) is 14.7. The molecule has 1 saturated carbocycles. The fourth-order valence-corrected chi connectivity index (χ4v) is 2.74. The van der Waals surface area contributed by atoms with E-state index >= 15 is 0 Å². The maximum absolute atomic E-state index is 12.1. The molecular weight excluding hydrogens is 278 g/mol. The van der Waals surface area contributed by atoms with Crippen molar-refractivity contribution in [2.45, 2.75) is 37.6 Å². The summed E-state index contributed by atoms with van der Waals surface area (Å²) in [7, 11) is 0. The third-order valence-corrected chi connectivity index (χ3v) is 3.96. The molecule has 1 fully saturated rings. The normalized spacial score (nSPS) is 17.9. The molecule has 2 rings (SSSR count). The molecule has 0 aromatic heterocycles. The molecule has 0 saturated heterocycles. The van der Waals surface area contributed by atoms with Crippen molar-refractivity contribution in [2.75, 3.05) is 0 Å². The summed E-state index contributed by atoms with van der Waals surface area (Å²) in [5, 5.41) is 15.5. The molecule has 4 N–H and O–H groups in total. The highest BCUT2D eigenvalue weighted by molar-refractivity contribution is 6.30. The number of rotatable bonds is 4. The molecule has 1 aliphatic rings. The number of amidine groups is 1. The van der Waals surface area contributed by atoms with Gasteiger partial charge in [0.05, 0.1) is 6.42 Å². The van der Waals surface area contributed by atoms with Crippen molar-refractivity contribution >= 4 is 23.3 Å². The zero-order valence-corrected chi connectivity index (χ0v) is 11.9. The summed E-state index contributed by atoms with van der Waals surface area (Å²) in [4.78, 5) is 12.1. The van der Waals surface area contributed by atoms with Crippen molar-refractivity contribution in [2.24, 2.45) is 10.9 Å². The SMILES string of the molecule is N/C(=N/O)C1(NC(=O)Cc2ccc(Cl)cc2)CCCC1. The van der Waals surface area contributed by atoms with Crippen molar-refractivity contribution in [3.8, 4) is 0 Å². The van der Waals surface area contributed by atoms with E-state index in [1.165, 1.54) is 0 Å². The molecule has 6 heteroatoms. The lowest BCUT2D eigenvalue weighted by Gasteiger charge is -2.28. The smallest absolute Gasteiger partial charge is 0.225 e. The third-order valence-electron chi connectivity index (χ3n) is 3.71. The van der Waals surface area contributed by atoms with Crippen molar-refractivity contribution in [1.29, 1.82) is 0 Å². The number of oxime groups is 1. The number of carbonyl (C=O) groups excluding carboxylic acids is 1. The highest BCUT2D eigenvalue weighted by Gasteiger charge is 2.39. The molecule has 0 heterocycles. The molecule has 108 valence electrons. The summed E-state index contributed by atoms with van der Waals surface area (Å²) >= 11 is 5.81. The fraction of sp³-hybridized carbons (Fsp3) is 0.429. The molecule has 0 unspecified atom stereocenters. The number of benzene rings is 1. The van der Waals surface area contributed by atoms with Crippen molar-refractivity contribution < 1.29 is 10.0 Å². The number of carbonyl (C=O) groups is 1. The number of nitrogens with zero attached hydrogens (tertiary/aromatic N) is 1. The molecule has 5 nitrogen and oxygen atoms in total. The van der Waals surface area contributed by atoms with E-state index < -0.39 is 5.54 Å². The van der Waals surface area contributed by atoms with Crippen LogP contribution in [0, 0.1) is 0 Å². The topological polar surface area (TPSA) is 87.7 Å². The van der Waals surface area contributed by atoms with Gasteiger partial charge in [-0.15, -0.1) is 0 Å². The molecule has 1 amide bonds. The standard InChI is InChI=1S/C14H18ClN3O2/c15-11-5-3-10(4-6-11)9-12(19)17-14(13(16)18-20)7-1-2-8-14/h3-6,20H,1-2,7-9H2,(H2,16,18)(H,17,19). The van der Waals surface area contributed by atoms with Gasteiger partial charge in [-0.2, -0.15) is 0 Å². The van der Waals surface area contributed by atoms with Gasteiger partial charge in [0.15, 0.2) is 5.84 Å². The van der Waals surface area contributed by atoms with Crippen molar-refractivity contribution in [1.82, 2.24) is 5.32 Å². The van der Waals surface area contributed by atoms with Gasteiger partial charge in [-0.3, -0.25) is 4.79 Å². The number of amides is 1. The first-order chi connectivity index (χ1) is 9.55. The minimum Gasteiger partial charge on any atom is -0.409 e. The molecule has 0 bridgehead atoms. The molecule has 0 atom stereocenters.